The maximum Gasteiger partial charge on any atom is 0.127 e. The molecule has 1 N–H and O–H groups in total. The van der Waals surface area contributed by atoms with Crippen LogP contribution in [0.2, 0.25) is 0 Å². The molecule has 1 fully saturated rings. The van der Waals surface area contributed by atoms with Crippen LogP contribution in [0.5, 0.6) is 0 Å². The van der Waals surface area contributed by atoms with Crippen molar-refractivity contribution in [3.8, 4) is 0 Å². The van der Waals surface area contributed by atoms with E-state index in [0.717, 1.165) is 24.7 Å². The fourth-order valence-corrected chi connectivity index (χ4v) is 2.65. The third-order valence-corrected chi connectivity index (χ3v) is 4.00. The molecule has 18 heavy (non-hydrogen) atoms. The zero-order chi connectivity index (χ0) is 13.0. The Morgan fingerprint density at radius 3 is 3.06 bits per heavy atom. The predicted molar refractivity (Wildman–Crippen MR) is 78.2 cm³/mol. The van der Waals surface area contributed by atoms with E-state index >= 15 is 0 Å². The van der Waals surface area contributed by atoms with Crippen LogP contribution in [0.15, 0.2) is 18.3 Å². The van der Waals surface area contributed by atoms with Gasteiger partial charge in [-0.1, -0.05) is 13.8 Å². The highest BCUT2D eigenvalue weighted by Gasteiger charge is 2.24. The Hall–Kier alpha value is -1.25. The summed E-state index contributed by atoms with van der Waals surface area (Å²) in [4.78, 5) is 6.90. The van der Waals surface area contributed by atoms with Crippen LogP contribution in [-0.4, -0.2) is 24.1 Å². The van der Waals surface area contributed by atoms with Gasteiger partial charge < -0.3 is 10.2 Å². The van der Waals surface area contributed by atoms with Gasteiger partial charge in [0.2, 0.25) is 0 Å². The van der Waals surface area contributed by atoms with E-state index in [1.165, 1.54) is 25.1 Å². The van der Waals surface area contributed by atoms with Crippen molar-refractivity contribution in [2.75, 3.05) is 23.3 Å². The fraction of sp³-hybridized carbons (Fsp3) is 0.667. The molecule has 1 aliphatic rings. The van der Waals surface area contributed by atoms with Crippen LogP contribution in [0.3, 0.4) is 0 Å². The van der Waals surface area contributed by atoms with E-state index in [2.05, 4.69) is 48.1 Å². The molecular formula is C15H25N3. The van der Waals surface area contributed by atoms with Gasteiger partial charge in [-0.15, -0.1) is 0 Å². The zero-order valence-electron chi connectivity index (χ0n) is 11.8. The largest absolute Gasteiger partial charge is 0.370 e. The van der Waals surface area contributed by atoms with Crippen LogP contribution in [0.1, 0.15) is 40.0 Å². The first-order valence-corrected chi connectivity index (χ1v) is 7.19. The van der Waals surface area contributed by atoms with Crippen molar-refractivity contribution >= 4 is 11.5 Å². The summed E-state index contributed by atoms with van der Waals surface area (Å²) in [6.45, 7) is 9.02. The molecule has 3 nitrogen and oxygen atoms in total. The SMILES string of the molecule is CCCNc1cc(N2CCCC(C)C2C)ccn1. The molecule has 3 heteroatoms. The number of pyridine rings is 1. The van der Waals surface area contributed by atoms with Crippen LogP contribution >= 0.6 is 0 Å². The minimum atomic E-state index is 0.625. The molecule has 1 aromatic rings. The Balaban J connectivity index is 2.11. The Kier molecular flexibility index (Phi) is 4.45. The summed E-state index contributed by atoms with van der Waals surface area (Å²) in [6, 6.07) is 4.94. The second-order valence-corrected chi connectivity index (χ2v) is 5.38. The van der Waals surface area contributed by atoms with Gasteiger partial charge in [0.15, 0.2) is 0 Å². The number of aromatic nitrogens is 1. The van der Waals surface area contributed by atoms with E-state index in [0.29, 0.717) is 6.04 Å². The summed E-state index contributed by atoms with van der Waals surface area (Å²) < 4.78 is 0. The number of hydrogen-bond donors (Lipinski definition) is 1. The highest BCUT2D eigenvalue weighted by atomic mass is 15.2. The van der Waals surface area contributed by atoms with Gasteiger partial charge in [0, 0.05) is 37.1 Å². The molecule has 2 rings (SSSR count). The molecule has 0 spiro atoms. The molecule has 0 amide bonds. The van der Waals surface area contributed by atoms with Crippen molar-refractivity contribution in [2.45, 2.75) is 46.1 Å². The average molecular weight is 247 g/mol. The third-order valence-electron chi connectivity index (χ3n) is 4.00. The minimum Gasteiger partial charge on any atom is -0.370 e. The predicted octanol–water partition coefficient (Wildman–Crippen LogP) is 3.53. The summed E-state index contributed by atoms with van der Waals surface area (Å²) in [5.41, 5.74) is 1.31. The molecule has 0 saturated carbocycles. The number of nitrogens with zero attached hydrogens (tertiary/aromatic N) is 2. The van der Waals surface area contributed by atoms with E-state index in [4.69, 9.17) is 0 Å². The molecule has 0 aliphatic carbocycles. The van der Waals surface area contributed by atoms with Crippen molar-refractivity contribution in [3.63, 3.8) is 0 Å². The topological polar surface area (TPSA) is 28.2 Å². The van der Waals surface area contributed by atoms with Gasteiger partial charge in [0.05, 0.1) is 0 Å². The number of piperidine rings is 1. The Labute approximate surface area is 111 Å². The first-order valence-electron chi connectivity index (χ1n) is 7.19. The van der Waals surface area contributed by atoms with E-state index in [9.17, 15) is 0 Å². The molecular weight excluding hydrogens is 222 g/mol. The minimum absolute atomic E-state index is 0.625. The highest BCUT2D eigenvalue weighted by molar-refractivity contribution is 5.54. The van der Waals surface area contributed by atoms with Crippen LogP contribution in [0.25, 0.3) is 0 Å². The van der Waals surface area contributed by atoms with Crippen molar-refractivity contribution in [2.24, 2.45) is 5.92 Å². The number of hydrogen-bond acceptors (Lipinski definition) is 3. The van der Waals surface area contributed by atoms with Crippen LogP contribution in [0.4, 0.5) is 11.5 Å². The smallest absolute Gasteiger partial charge is 0.127 e. The Morgan fingerprint density at radius 1 is 1.44 bits per heavy atom. The van der Waals surface area contributed by atoms with E-state index in [-0.39, 0.29) is 0 Å². The maximum absolute atomic E-state index is 4.38. The van der Waals surface area contributed by atoms with Gasteiger partial charge in [-0.2, -0.15) is 0 Å². The molecule has 0 radical (unpaired) electrons. The van der Waals surface area contributed by atoms with Gasteiger partial charge in [-0.3, -0.25) is 0 Å². The average Bonchev–Trinajstić information content (AvgIpc) is 2.40. The second kappa shape index (κ2) is 6.07. The summed E-state index contributed by atoms with van der Waals surface area (Å²) in [7, 11) is 0. The second-order valence-electron chi connectivity index (χ2n) is 5.38. The lowest BCUT2D eigenvalue weighted by molar-refractivity contribution is 0.363. The zero-order valence-corrected chi connectivity index (χ0v) is 11.8. The molecule has 0 aromatic carbocycles. The lowest BCUT2D eigenvalue weighted by atomic mass is 9.92. The molecule has 2 heterocycles. The van der Waals surface area contributed by atoms with Crippen molar-refractivity contribution < 1.29 is 0 Å². The quantitative estimate of drug-likeness (QED) is 0.882. The molecule has 1 aliphatic heterocycles. The van der Waals surface area contributed by atoms with E-state index < -0.39 is 0 Å². The first-order chi connectivity index (χ1) is 8.72. The molecule has 1 aromatic heterocycles. The van der Waals surface area contributed by atoms with Gasteiger partial charge in [0.25, 0.3) is 0 Å². The van der Waals surface area contributed by atoms with Crippen molar-refractivity contribution in [1.29, 1.82) is 0 Å². The standard InChI is InChI=1S/C15H25N3/c1-4-8-16-15-11-14(7-9-17-15)18-10-5-6-12(2)13(18)3/h7,9,11-13H,4-6,8,10H2,1-3H3,(H,16,17). The summed E-state index contributed by atoms with van der Waals surface area (Å²) >= 11 is 0. The fourth-order valence-electron chi connectivity index (χ4n) is 2.65. The normalized spacial score (nSPS) is 24.1. The highest BCUT2D eigenvalue weighted by Crippen LogP contribution is 2.29. The summed E-state index contributed by atoms with van der Waals surface area (Å²) in [5.74, 6) is 1.78. The molecule has 1 saturated heterocycles. The van der Waals surface area contributed by atoms with E-state index in [1.54, 1.807) is 0 Å². The summed E-state index contributed by atoms with van der Waals surface area (Å²) in [6.07, 6.45) is 5.69. The first kappa shape index (κ1) is 13.2. The number of rotatable bonds is 4. The monoisotopic (exact) mass is 247 g/mol. The van der Waals surface area contributed by atoms with Crippen LogP contribution in [-0.2, 0) is 0 Å². The van der Waals surface area contributed by atoms with Gasteiger partial charge in [-0.25, -0.2) is 4.98 Å². The number of anilines is 2. The molecule has 2 atom stereocenters. The molecule has 100 valence electrons. The third kappa shape index (κ3) is 2.95. The Morgan fingerprint density at radius 2 is 2.28 bits per heavy atom. The van der Waals surface area contributed by atoms with Crippen LogP contribution < -0.4 is 10.2 Å². The maximum atomic E-state index is 4.38. The van der Waals surface area contributed by atoms with Crippen molar-refractivity contribution in [1.82, 2.24) is 4.98 Å². The van der Waals surface area contributed by atoms with Gasteiger partial charge in [-0.05, 0) is 38.2 Å². The lowest BCUT2D eigenvalue weighted by Gasteiger charge is -2.39. The summed E-state index contributed by atoms with van der Waals surface area (Å²) in [5, 5.41) is 3.36. The lowest BCUT2D eigenvalue weighted by Crippen LogP contribution is -2.42. The van der Waals surface area contributed by atoms with Gasteiger partial charge in [0.1, 0.15) is 5.82 Å². The van der Waals surface area contributed by atoms with E-state index in [1.807, 2.05) is 6.20 Å². The van der Waals surface area contributed by atoms with Crippen LogP contribution in [0, 0.1) is 5.92 Å². The van der Waals surface area contributed by atoms with Crippen molar-refractivity contribution in [3.05, 3.63) is 18.3 Å². The Bertz CT molecular complexity index is 378. The van der Waals surface area contributed by atoms with Gasteiger partial charge >= 0.3 is 0 Å². The molecule has 2 unspecified atom stereocenters. The molecule has 0 bridgehead atoms. The number of nitrogens with one attached hydrogen (secondary N) is 1.